The Morgan fingerprint density at radius 3 is 2.40 bits per heavy atom. The molecular weight excluding hydrogens is 126 g/mol. The fraction of sp³-hybridized carbons (Fsp3) is 1.00. The molecule has 0 aliphatic rings. The van der Waals surface area contributed by atoms with Crippen LogP contribution in [0.4, 0.5) is 0 Å². The van der Waals surface area contributed by atoms with Gasteiger partial charge in [0.05, 0.1) is 0 Å². The van der Waals surface area contributed by atoms with E-state index in [1.54, 1.807) is 0 Å². The lowest BCUT2D eigenvalue weighted by Gasteiger charge is -2.23. The fourth-order valence-electron chi connectivity index (χ4n) is 1.18. The van der Waals surface area contributed by atoms with E-state index in [0.29, 0.717) is 0 Å². The van der Waals surface area contributed by atoms with E-state index in [1.165, 1.54) is 0 Å². The van der Waals surface area contributed by atoms with Gasteiger partial charge in [0.25, 0.3) is 0 Å². The molecule has 62 valence electrons. The molecule has 0 bridgehead atoms. The van der Waals surface area contributed by atoms with Gasteiger partial charge in [0, 0.05) is 12.1 Å². The van der Waals surface area contributed by atoms with Crippen LogP contribution in [0, 0.1) is 0 Å². The highest BCUT2D eigenvalue weighted by molar-refractivity contribution is 4.76. The van der Waals surface area contributed by atoms with Crippen LogP contribution in [0.1, 0.15) is 39.5 Å². The minimum absolute atomic E-state index is 0.0581. The Kier molecular flexibility index (Phi) is 4.65. The fourth-order valence-corrected chi connectivity index (χ4v) is 1.18. The van der Waals surface area contributed by atoms with Crippen LogP contribution in [-0.4, -0.2) is 17.3 Å². The highest BCUT2D eigenvalue weighted by Gasteiger charge is 2.15. The van der Waals surface area contributed by atoms with Crippen molar-refractivity contribution in [1.29, 1.82) is 0 Å². The van der Waals surface area contributed by atoms with Gasteiger partial charge < -0.3 is 10.8 Å². The largest absolute Gasteiger partial charge is 0.396 e. The first-order valence-electron chi connectivity index (χ1n) is 4.02. The van der Waals surface area contributed by atoms with Crippen LogP contribution in [0.25, 0.3) is 0 Å². The van der Waals surface area contributed by atoms with Crippen molar-refractivity contribution in [3.05, 3.63) is 0 Å². The number of aliphatic hydroxyl groups excluding tert-OH is 1. The summed E-state index contributed by atoms with van der Waals surface area (Å²) in [6.45, 7) is 4.44. The summed E-state index contributed by atoms with van der Waals surface area (Å²) in [7, 11) is 0. The van der Waals surface area contributed by atoms with Crippen LogP contribution in [0.15, 0.2) is 0 Å². The van der Waals surface area contributed by atoms with E-state index >= 15 is 0 Å². The van der Waals surface area contributed by atoms with Crippen molar-refractivity contribution in [3.8, 4) is 0 Å². The maximum absolute atomic E-state index is 8.54. The second-order valence-corrected chi connectivity index (χ2v) is 3.23. The van der Waals surface area contributed by atoms with E-state index < -0.39 is 0 Å². The Balaban J connectivity index is 3.42. The molecule has 1 atom stereocenters. The van der Waals surface area contributed by atoms with Crippen molar-refractivity contribution < 1.29 is 5.11 Å². The smallest absolute Gasteiger partial charge is 0.0431 e. The number of hydrogen-bond acceptors (Lipinski definition) is 2. The minimum atomic E-state index is -0.0581. The first kappa shape index (κ1) is 9.92. The summed E-state index contributed by atoms with van der Waals surface area (Å²) < 4.78 is 0. The third kappa shape index (κ3) is 4.77. The summed E-state index contributed by atoms with van der Waals surface area (Å²) in [5.74, 6) is 0. The van der Waals surface area contributed by atoms with Crippen molar-refractivity contribution in [2.75, 3.05) is 6.61 Å². The highest BCUT2D eigenvalue weighted by Crippen LogP contribution is 2.14. The van der Waals surface area contributed by atoms with E-state index in [0.717, 1.165) is 25.7 Å². The molecule has 0 radical (unpaired) electrons. The maximum Gasteiger partial charge on any atom is 0.0431 e. The van der Waals surface area contributed by atoms with Gasteiger partial charge in [-0.05, 0) is 26.2 Å². The molecule has 0 aliphatic carbocycles. The van der Waals surface area contributed by atoms with Crippen molar-refractivity contribution in [3.63, 3.8) is 0 Å². The van der Waals surface area contributed by atoms with Crippen LogP contribution in [0.3, 0.4) is 0 Å². The topological polar surface area (TPSA) is 46.2 Å². The molecule has 0 saturated heterocycles. The van der Waals surface area contributed by atoms with Gasteiger partial charge in [0.15, 0.2) is 0 Å². The Morgan fingerprint density at radius 2 is 2.00 bits per heavy atom. The van der Waals surface area contributed by atoms with Crippen LogP contribution < -0.4 is 5.73 Å². The summed E-state index contributed by atoms with van der Waals surface area (Å²) in [6.07, 6.45) is 3.93. The number of nitrogens with two attached hydrogens (primary N) is 1. The third-order valence-electron chi connectivity index (χ3n) is 1.73. The second kappa shape index (κ2) is 4.69. The average molecular weight is 145 g/mol. The molecule has 0 aromatic heterocycles. The lowest BCUT2D eigenvalue weighted by molar-refractivity contribution is 0.260. The van der Waals surface area contributed by atoms with Gasteiger partial charge in [0.1, 0.15) is 0 Å². The summed E-state index contributed by atoms with van der Waals surface area (Å²) in [4.78, 5) is 0. The van der Waals surface area contributed by atoms with Gasteiger partial charge in [0.2, 0.25) is 0 Å². The molecule has 0 aliphatic heterocycles. The molecule has 1 unspecified atom stereocenters. The monoisotopic (exact) mass is 145 g/mol. The number of aliphatic hydroxyl groups is 1. The normalized spacial score (nSPS) is 16.8. The summed E-state index contributed by atoms with van der Waals surface area (Å²) in [6, 6.07) is 0. The van der Waals surface area contributed by atoms with E-state index in [4.69, 9.17) is 10.8 Å². The van der Waals surface area contributed by atoms with Gasteiger partial charge in [-0.1, -0.05) is 13.3 Å². The molecule has 0 rings (SSSR count). The first-order chi connectivity index (χ1) is 4.62. The average Bonchev–Trinajstić information content (AvgIpc) is 1.84. The van der Waals surface area contributed by atoms with Crippen molar-refractivity contribution in [1.82, 2.24) is 0 Å². The zero-order valence-electron chi connectivity index (χ0n) is 7.06. The molecule has 0 spiro atoms. The summed E-state index contributed by atoms with van der Waals surface area (Å²) >= 11 is 0. The van der Waals surface area contributed by atoms with Crippen molar-refractivity contribution in [2.24, 2.45) is 5.73 Å². The Bertz CT molecular complexity index is 81.3. The lowest BCUT2D eigenvalue weighted by atomic mass is 9.92. The van der Waals surface area contributed by atoms with Gasteiger partial charge in [-0.15, -0.1) is 0 Å². The van der Waals surface area contributed by atoms with E-state index in [-0.39, 0.29) is 12.1 Å². The summed E-state index contributed by atoms with van der Waals surface area (Å²) in [5.41, 5.74) is 5.84. The zero-order valence-corrected chi connectivity index (χ0v) is 7.06. The highest BCUT2D eigenvalue weighted by atomic mass is 16.2. The molecule has 0 saturated carbocycles. The van der Waals surface area contributed by atoms with Gasteiger partial charge in [-0.2, -0.15) is 0 Å². The zero-order chi connectivity index (χ0) is 8.04. The molecular formula is C8H19NO. The van der Waals surface area contributed by atoms with Gasteiger partial charge in [-0.3, -0.25) is 0 Å². The number of hydrogen-bond donors (Lipinski definition) is 2. The molecule has 0 aromatic rings. The van der Waals surface area contributed by atoms with E-state index in [9.17, 15) is 0 Å². The molecule has 3 N–H and O–H groups in total. The first-order valence-corrected chi connectivity index (χ1v) is 4.02. The third-order valence-corrected chi connectivity index (χ3v) is 1.73. The molecule has 2 heteroatoms. The SMILES string of the molecule is CCCC(C)(N)CCCO. The predicted octanol–water partition coefficient (Wildman–Crippen LogP) is 1.28. The predicted molar refractivity (Wildman–Crippen MR) is 43.8 cm³/mol. The molecule has 0 heterocycles. The maximum atomic E-state index is 8.54. The molecule has 0 fully saturated rings. The second-order valence-electron chi connectivity index (χ2n) is 3.23. The Labute approximate surface area is 63.4 Å². The van der Waals surface area contributed by atoms with Crippen LogP contribution >= 0.6 is 0 Å². The Hall–Kier alpha value is -0.0800. The number of rotatable bonds is 5. The van der Waals surface area contributed by atoms with E-state index in [1.807, 2.05) is 6.92 Å². The van der Waals surface area contributed by atoms with Crippen LogP contribution in [0.2, 0.25) is 0 Å². The van der Waals surface area contributed by atoms with Gasteiger partial charge >= 0.3 is 0 Å². The standard InChI is InChI=1S/C8H19NO/c1-3-5-8(2,9)6-4-7-10/h10H,3-7,9H2,1-2H3. The van der Waals surface area contributed by atoms with Gasteiger partial charge in [-0.25, -0.2) is 0 Å². The quantitative estimate of drug-likeness (QED) is 0.612. The van der Waals surface area contributed by atoms with Crippen LogP contribution in [-0.2, 0) is 0 Å². The molecule has 0 amide bonds. The van der Waals surface area contributed by atoms with Crippen molar-refractivity contribution in [2.45, 2.75) is 45.1 Å². The summed E-state index contributed by atoms with van der Waals surface area (Å²) in [5, 5.41) is 8.54. The molecule has 2 nitrogen and oxygen atoms in total. The van der Waals surface area contributed by atoms with Crippen molar-refractivity contribution >= 4 is 0 Å². The van der Waals surface area contributed by atoms with E-state index in [2.05, 4.69) is 6.92 Å². The molecule has 10 heavy (non-hydrogen) atoms. The minimum Gasteiger partial charge on any atom is -0.396 e. The lowest BCUT2D eigenvalue weighted by Crippen LogP contribution is -2.35. The Morgan fingerprint density at radius 1 is 1.40 bits per heavy atom. The molecule has 0 aromatic carbocycles. The van der Waals surface area contributed by atoms with Crippen LogP contribution in [0.5, 0.6) is 0 Å².